The van der Waals surface area contributed by atoms with Gasteiger partial charge in [0.25, 0.3) is 15.9 Å². The van der Waals surface area contributed by atoms with Gasteiger partial charge in [-0.2, -0.15) is 0 Å². The summed E-state index contributed by atoms with van der Waals surface area (Å²) in [7, 11) is -2.18. The molecule has 0 fully saturated rings. The van der Waals surface area contributed by atoms with Crippen molar-refractivity contribution in [3.63, 3.8) is 0 Å². The fourth-order valence-corrected chi connectivity index (χ4v) is 3.46. The van der Waals surface area contributed by atoms with Crippen LogP contribution in [0, 0.1) is 6.92 Å². The van der Waals surface area contributed by atoms with Gasteiger partial charge in [0.2, 0.25) is 0 Å². The first-order valence-electron chi connectivity index (χ1n) is 8.36. The van der Waals surface area contributed by atoms with Crippen LogP contribution in [0.3, 0.4) is 0 Å². The summed E-state index contributed by atoms with van der Waals surface area (Å²) in [5.74, 6) is -1.21. The summed E-state index contributed by atoms with van der Waals surface area (Å²) >= 11 is 0. The summed E-state index contributed by atoms with van der Waals surface area (Å²) in [6, 6.07) is 12.6. The van der Waals surface area contributed by atoms with E-state index in [4.69, 9.17) is 5.11 Å². The molecule has 0 atom stereocenters. The van der Waals surface area contributed by atoms with Crippen LogP contribution in [0.25, 0.3) is 0 Å². The number of carbonyl (C=O) groups excluding carboxylic acids is 1. The fourth-order valence-electron chi connectivity index (χ4n) is 2.40. The third-order valence-electron chi connectivity index (χ3n) is 3.95. The number of amides is 1. The van der Waals surface area contributed by atoms with Gasteiger partial charge in [0.15, 0.2) is 0 Å². The Hall–Kier alpha value is -2.87. The second kappa shape index (κ2) is 8.68. The van der Waals surface area contributed by atoms with E-state index in [1.807, 2.05) is 6.92 Å². The predicted octanol–water partition coefficient (Wildman–Crippen LogP) is 2.73. The molecule has 8 heteroatoms. The Morgan fingerprint density at radius 1 is 1.04 bits per heavy atom. The van der Waals surface area contributed by atoms with E-state index >= 15 is 0 Å². The predicted molar refractivity (Wildman–Crippen MR) is 102 cm³/mol. The molecule has 0 saturated carbocycles. The number of carbonyl (C=O) groups is 2. The van der Waals surface area contributed by atoms with Crippen LogP contribution in [-0.4, -0.2) is 43.9 Å². The van der Waals surface area contributed by atoms with Crippen LogP contribution in [0.15, 0.2) is 53.4 Å². The Labute approximate surface area is 158 Å². The maximum Gasteiger partial charge on any atom is 0.303 e. The number of nitrogens with zero attached hydrogens (tertiary/aromatic N) is 1. The fraction of sp³-hybridized carbons (Fsp3) is 0.263. The number of carboxylic acids is 1. The van der Waals surface area contributed by atoms with Crippen molar-refractivity contribution < 1.29 is 23.1 Å². The quantitative estimate of drug-likeness (QED) is 0.721. The standard InChI is InChI=1S/C19H22N2O5S/c1-14-5-9-16(10-6-14)20-27(25,26)17-11-7-15(8-12-17)19(24)21(2)13-3-4-18(22)23/h5-12,20H,3-4,13H2,1-2H3,(H,22,23). The molecule has 2 aromatic carbocycles. The number of sulfonamides is 1. The topological polar surface area (TPSA) is 104 Å². The molecule has 0 heterocycles. The maximum absolute atomic E-state index is 12.4. The third-order valence-corrected chi connectivity index (χ3v) is 5.34. The summed E-state index contributed by atoms with van der Waals surface area (Å²) in [6.45, 7) is 2.22. The molecule has 1 amide bonds. The lowest BCUT2D eigenvalue weighted by atomic mass is 10.2. The van der Waals surface area contributed by atoms with Crippen LogP contribution in [0.5, 0.6) is 0 Å². The molecule has 0 aliphatic carbocycles. The van der Waals surface area contributed by atoms with E-state index in [9.17, 15) is 18.0 Å². The molecular weight excluding hydrogens is 368 g/mol. The number of nitrogens with one attached hydrogen (secondary N) is 1. The van der Waals surface area contributed by atoms with E-state index in [1.54, 1.807) is 31.3 Å². The summed E-state index contributed by atoms with van der Waals surface area (Å²) in [6.07, 6.45) is 0.337. The summed E-state index contributed by atoms with van der Waals surface area (Å²) < 4.78 is 27.4. The van der Waals surface area contributed by atoms with Gasteiger partial charge in [0.05, 0.1) is 4.90 Å². The molecule has 0 saturated heterocycles. The normalized spacial score (nSPS) is 11.0. The Morgan fingerprint density at radius 2 is 1.63 bits per heavy atom. The molecule has 0 bridgehead atoms. The van der Waals surface area contributed by atoms with Crippen LogP contribution in [0.4, 0.5) is 5.69 Å². The summed E-state index contributed by atoms with van der Waals surface area (Å²) in [5, 5.41) is 8.64. The molecule has 2 N–H and O–H groups in total. The largest absolute Gasteiger partial charge is 0.481 e. The zero-order valence-corrected chi connectivity index (χ0v) is 16.0. The van der Waals surface area contributed by atoms with Gasteiger partial charge >= 0.3 is 5.97 Å². The maximum atomic E-state index is 12.4. The highest BCUT2D eigenvalue weighted by atomic mass is 32.2. The minimum atomic E-state index is -3.75. The lowest BCUT2D eigenvalue weighted by Crippen LogP contribution is -2.28. The van der Waals surface area contributed by atoms with E-state index in [-0.39, 0.29) is 17.2 Å². The number of rotatable bonds is 8. The van der Waals surface area contributed by atoms with E-state index < -0.39 is 16.0 Å². The smallest absolute Gasteiger partial charge is 0.303 e. The van der Waals surface area contributed by atoms with Gasteiger partial charge in [-0.1, -0.05) is 17.7 Å². The molecule has 2 aromatic rings. The van der Waals surface area contributed by atoms with Crippen molar-refractivity contribution in [1.29, 1.82) is 0 Å². The number of hydrogen-bond acceptors (Lipinski definition) is 4. The van der Waals surface area contributed by atoms with Crippen molar-refractivity contribution in [2.24, 2.45) is 0 Å². The molecule has 0 aliphatic rings. The van der Waals surface area contributed by atoms with Crippen molar-refractivity contribution in [2.45, 2.75) is 24.7 Å². The van der Waals surface area contributed by atoms with Gasteiger partial charge in [-0.15, -0.1) is 0 Å². The molecule has 0 spiro atoms. The average Bonchev–Trinajstić information content (AvgIpc) is 2.62. The number of carboxylic acid groups (broad SMARTS) is 1. The second-order valence-electron chi connectivity index (χ2n) is 6.22. The first kappa shape index (κ1) is 20.4. The van der Waals surface area contributed by atoms with Crippen molar-refractivity contribution >= 4 is 27.6 Å². The molecule has 7 nitrogen and oxygen atoms in total. The van der Waals surface area contributed by atoms with E-state index in [1.165, 1.54) is 29.2 Å². The number of benzene rings is 2. The van der Waals surface area contributed by atoms with E-state index in [0.717, 1.165) is 5.56 Å². The molecule has 0 unspecified atom stereocenters. The lowest BCUT2D eigenvalue weighted by molar-refractivity contribution is -0.137. The van der Waals surface area contributed by atoms with Gasteiger partial charge in [-0.25, -0.2) is 8.42 Å². The Morgan fingerprint density at radius 3 is 2.19 bits per heavy atom. The van der Waals surface area contributed by atoms with Gasteiger partial charge in [0.1, 0.15) is 0 Å². The minimum Gasteiger partial charge on any atom is -0.481 e. The third kappa shape index (κ3) is 5.82. The Bertz CT molecular complexity index is 906. The lowest BCUT2D eigenvalue weighted by Gasteiger charge is -2.17. The average molecular weight is 390 g/mol. The van der Waals surface area contributed by atoms with Crippen LogP contribution in [-0.2, 0) is 14.8 Å². The number of anilines is 1. The van der Waals surface area contributed by atoms with Gasteiger partial charge in [-0.3, -0.25) is 14.3 Å². The molecule has 2 rings (SSSR count). The number of aliphatic carboxylic acids is 1. The van der Waals surface area contributed by atoms with Crippen molar-refractivity contribution in [3.05, 3.63) is 59.7 Å². The van der Waals surface area contributed by atoms with Gasteiger partial charge in [-0.05, 0) is 49.7 Å². The van der Waals surface area contributed by atoms with Gasteiger partial charge < -0.3 is 10.0 Å². The highest BCUT2D eigenvalue weighted by Gasteiger charge is 2.17. The molecule has 27 heavy (non-hydrogen) atoms. The van der Waals surface area contributed by atoms with Crippen LogP contribution < -0.4 is 4.72 Å². The van der Waals surface area contributed by atoms with E-state index in [2.05, 4.69) is 4.72 Å². The Kier molecular flexibility index (Phi) is 6.57. The highest BCUT2D eigenvalue weighted by Crippen LogP contribution is 2.17. The van der Waals surface area contributed by atoms with Crippen molar-refractivity contribution in [1.82, 2.24) is 4.90 Å². The molecule has 0 radical (unpaired) electrons. The summed E-state index contributed by atoms with van der Waals surface area (Å²) in [5.41, 5.74) is 1.81. The summed E-state index contributed by atoms with van der Waals surface area (Å²) in [4.78, 5) is 24.3. The Balaban J connectivity index is 2.05. The highest BCUT2D eigenvalue weighted by molar-refractivity contribution is 7.92. The second-order valence-corrected chi connectivity index (χ2v) is 7.90. The van der Waals surface area contributed by atoms with Gasteiger partial charge in [0, 0.05) is 31.3 Å². The molecular formula is C19H22N2O5S. The molecule has 0 aromatic heterocycles. The zero-order valence-electron chi connectivity index (χ0n) is 15.2. The number of aryl methyl sites for hydroxylation is 1. The first-order chi connectivity index (χ1) is 12.7. The zero-order chi connectivity index (χ0) is 20.0. The molecule has 0 aliphatic heterocycles. The SMILES string of the molecule is Cc1ccc(NS(=O)(=O)c2ccc(C(=O)N(C)CCCC(=O)O)cc2)cc1. The van der Waals surface area contributed by atoms with E-state index in [0.29, 0.717) is 24.2 Å². The number of hydrogen-bond donors (Lipinski definition) is 2. The van der Waals surface area contributed by atoms with Crippen molar-refractivity contribution in [3.8, 4) is 0 Å². The van der Waals surface area contributed by atoms with Crippen LogP contribution in [0.2, 0.25) is 0 Å². The van der Waals surface area contributed by atoms with Crippen LogP contribution >= 0.6 is 0 Å². The first-order valence-corrected chi connectivity index (χ1v) is 9.84. The van der Waals surface area contributed by atoms with Crippen LogP contribution in [0.1, 0.15) is 28.8 Å². The minimum absolute atomic E-state index is 0.0144. The molecule has 144 valence electrons. The van der Waals surface area contributed by atoms with Crippen molar-refractivity contribution in [2.75, 3.05) is 18.3 Å². The monoisotopic (exact) mass is 390 g/mol.